The van der Waals surface area contributed by atoms with E-state index >= 15 is 0 Å². The normalized spacial score (nSPS) is 16.9. The third-order valence-corrected chi connectivity index (χ3v) is 13.5. The highest BCUT2D eigenvalue weighted by molar-refractivity contribution is 6.74. The van der Waals surface area contributed by atoms with Crippen molar-refractivity contribution < 1.29 is 23.4 Å². The summed E-state index contributed by atoms with van der Waals surface area (Å²) in [5, 5.41) is 3.15. The van der Waals surface area contributed by atoms with Crippen molar-refractivity contribution in [3.05, 3.63) is 95.6 Å². The maximum atomic E-state index is 13.2. The zero-order valence-electron chi connectivity index (χ0n) is 26.2. The lowest BCUT2D eigenvalue weighted by atomic mass is 9.79. The number of carbonyl (C=O) groups excluding carboxylic acids is 1. The molecule has 2 unspecified atom stereocenters. The Bertz CT molecular complexity index is 1240. The molecule has 0 aliphatic carbocycles. The molecule has 1 amide bonds. The molecule has 2 atom stereocenters. The predicted octanol–water partition coefficient (Wildman–Crippen LogP) is 7.18. The Morgan fingerprint density at radius 3 is 1.81 bits per heavy atom. The molecule has 1 heterocycles. The third-order valence-electron chi connectivity index (χ3n) is 9.05. The van der Waals surface area contributed by atoms with E-state index in [1.54, 1.807) is 14.2 Å². The molecule has 0 saturated carbocycles. The van der Waals surface area contributed by atoms with Gasteiger partial charge in [0.05, 0.1) is 20.8 Å². The summed E-state index contributed by atoms with van der Waals surface area (Å²) in [6, 6.07) is 26.4. The molecule has 0 spiro atoms. The topological polar surface area (TPSA) is 66.0 Å². The van der Waals surface area contributed by atoms with Crippen LogP contribution in [0.15, 0.2) is 78.9 Å². The van der Waals surface area contributed by atoms with Gasteiger partial charge in [-0.15, -0.1) is 0 Å². The van der Waals surface area contributed by atoms with Crippen LogP contribution in [0.5, 0.6) is 11.5 Å². The summed E-state index contributed by atoms with van der Waals surface area (Å²) in [6.45, 7) is 12.8. The third kappa shape index (κ3) is 6.91. The predicted molar refractivity (Wildman–Crippen MR) is 171 cm³/mol. The van der Waals surface area contributed by atoms with Crippen LogP contribution < -0.4 is 14.8 Å². The fourth-order valence-electron chi connectivity index (χ4n) is 5.36. The summed E-state index contributed by atoms with van der Waals surface area (Å²) in [4.78, 5) is 13.2. The van der Waals surface area contributed by atoms with Gasteiger partial charge in [-0.1, -0.05) is 75.4 Å². The molecule has 42 heavy (non-hydrogen) atoms. The molecule has 4 rings (SSSR count). The van der Waals surface area contributed by atoms with Gasteiger partial charge in [0.1, 0.15) is 17.1 Å². The summed E-state index contributed by atoms with van der Waals surface area (Å²) >= 11 is 0. The van der Waals surface area contributed by atoms with Gasteiger partial charge < -0.3 is 24.0 Å². The largest absolute Gasteiger partial charge is 0.497 e. The van der Waals surface area contributed by atoms with Crippen molar-refractivity contribution in [1.29, 1.82) is 0 Å². The number of ether oxygens (including phenoxy) is 3. The SMILES string of the molecule is COc1ccc(C(OCC(CO[Si](C)(C)C(C)(C)C)C2CCCNC2=O)(c2ccccc2)c2ccc(OC)cc2)cc1. The van der Waals surface area contributed by atoms with Gasteiger partial charge in [-0.2, -0.15) is 0 Å². The molecule has 1 saturated heterocycles. The van der Waals surface area contributed by atoms with Crippen LogP contribution in [-0.4, -0.2) is 48.2 Å². The fourth-order valence-corrected chi connectivity index (χ4v) is 6.43. The fraction of sp³-hybridized carbons (Fsp3) is 0.457. The average Bonchev–Trinajstić information content (AvgIpc) is 3.00. The van der Waals surface area contributed by atoms with E-state index < -0.39 is 13.9 Å². The molecular weight excluding hydrogens is 542 g/mol. The summed E-state index contributed by atoms with van der Waals surface area (Å²) in [5.41, 5.74) is 1.99. The number of hydrogen-bond acceptors (Lipinski definition) is 5. The first kappa shape index (κ1) is 31.8. The number of benzene rings is 3. The second-order valence-corrected chi connectivity index (χ2v) is 17.5. The van der Waals surface area contributed by atoms with Gasteiger partial charge in [0.15, 0.2) is 8.32 Å². The molecule has 0 radical (unpaired) electrons. The zero-order valence-corrected chi connectivity index (χ0v) is 27.2. The van der Waals surface area contributed by atoms with E-state index in [2.05, 4.69) is 75.6 Å². The van der Waals surface area contributed by atoms with Gasteiger partial charge in [0.2, 0.25) is 5.91 Å². The van der Waals surface area contributed by atoms with Crippen molar-refractivity contribution in [1.82, 2.24) is 5.32 Å². The molecule has 6 nitrogen and oxygen atoms in total. The maximum absolute atomic E-state index is 13.2. The van der Waals surface area contributed by atoms with E-state index in [9.17, 15) is 4.79 Å². The molecule has 226 valence electrons. The molecule has 1 aliphatic heterocycles. The molecule has 3 aromatic rings. The summed E-state index contributed by atoms with van der Waals surface area (Å²) in [7, 11) is 1.28. The highest BCUT2D eigenvalue weighted by Crippen LogP contribution is 2.43. The zero-order chi connectivity index (χ0) is 30.4. The molecule has 1 aliphatic rings. The van der Waals surface area contributed by atoms with Gasteiger partial charge in [-0.25, -0.2) is 0 Å². The Kier molecular flexibility index (Phi) is 10.2. The maximum Gasteiger partial charge on any atom is 0.223 e. The lowest BCUT2D eigenvalue weighted by Gasteiger charge is -2.41. The van der Waals surface area contributed by atoms with Crippen LogP contribution in [0.3, 0.4) is 0 Å². The average molecular weight is 590 g/mol. The molecule has 1 fully saturated rings. The Balaban J connectivity index is 1.80. The molecule has 3 aromatic carbocycles. The first-order chi connectivity index (χ1) is 20.0. The van der Waals surface area contributed by atoms with Crippen molar-refractivity contribution in [2.75, 3.05) is 34.0 Å². The van der Waals surface area contributed by atoms with Crippen molar-refractivity contribution in [3.8, 4) is 11.5 Å². The minimum absolute atomic E-state index is 0.0627. The van der Waals surface area contributed by atoms with Crippen molar-refractivity contribution in [3.63, 3.8) is 0 Å². The highest BCUT2D eigenvalue weighted by atomic mass is 28.4. The van der Waals surface area contributed by atoms with Gasteiger partial charge in [0.25, 0.3) is 0 Å². The van der Waals surface area contributed by atoms with E-state index in [4.69, 9.17) is 18.6 Å². The van der Waals surface area contributed by atoms with Crippen LogP contribution >= 0.6 is 0 Å². The number of amides is 1. The number of hydrogen-bond donors (Lipinski definition) is 1. The van der Waals surface area contributed by atoms with Crippen LogP contribution in [0.25, 0.3) is 0 Å². The van der Waals surface area contributed by atoms with Crippen LogP contribution in [0.4, 0.5) is 0 Å². The molecule has 0 bridgehead atoms. The summed E-state index contributed by atoms with van der Waals surface area (Å²) in [5.74, 6) is 1.35. The highest BCUT2D eigenvalue weighted by Gasteiger charge is 2.42. The lowest BCUT2D eigenvalue weighted by molar-refractivity contribution is -0.131. The van der Waals surface area contributed by atoms with Crippen molar-refractivity contribution in [2.24, 2.45) is 11.8 Å². The minimum atomic E-state index is -2.06. The second-order valence-electron chi connectivity index (χ2n) is 12.7. The number of carbonyl (C=O) groups is 1. The lowest BCUT2D eigenvalue weighted by Crippen LogP contribution is -2.47. The Morgan fingerprint density at radius 1 is 0.810 bits per heavy atom. The second kappa shape index (κ2) is 13.4. The van der Waals surface area contributed by atoms with Crippen molar-refractivity contribution >= 4 is 14.2 Å². The van der Waals surface area contributed by atoms with Gasteiger partial charge >= 0.3 is 0 Å². The van der Waals surface area contributed by atoms with Crippen LogP contribution in [-0.2, 0) is 19.6 Å². The van der Waals surface area contributed by atoms with Crippen LogP contribution in [0, 0.1) is 11.8 Å². The van der Waals surface area contributed by atoms with Gasteiger partial charge in [0, 0.05) is 25.0 Å². The van der Waals surface area contributed by atoms with Crippen molar-refractivity contribution in [2.45, 2.75) is 57.3 Å². The Hall–Kier alpha value is -3.13. The standard InChI is InChI=1S/C35H47NO5Si/c1-34(2,3)42(6,7)41-25-26(32-14-11-23-36-33(32)37)24-40-35(27-12-9-8-10-13-27,28-15-19-30(38-4)20-16-28)29-17-21-31(39-5)22-18-29/h8-10,12-13,15-22,26,32H,11,14,23-25H2,1-7H3,(H,36,37). The van der Waals surface area contributed by atoms with Crippen LogP contribution in [0.1, 0.15) is 50.3 Å². The summed E-state index contributed by atoms with van der Waals surface area (Å²) in [6.07, 6.45) is 1.78. The Labute approximate surface area is 252 Å². The Morgan fingerprint density at radius 2 is 1.33 bits per heavy atom. The van der Waals surface area contributed by atoms with Gasteiger partial charge in [-0.05, 0) is 71.9 Å². The molecule has 1 N–H and O–H groups in total. The number of rotatable bonds is 12. The van der Waals surface area contributed by atoms with Crippen LogP contribution in [0.2, 0.25) is 18.1 Å². The smallest absolute Gasteiger partial charge is 0.223 e. The van der Waals surface area contributed by atoms with E-state index in [1.807, 2.05) is 42.5 Å². The quantitative estimate of drug-likeness (QED) is 0.179. The number of methoxy groups -OCH3 is 2. The van der Waals surface area contributed by atoms with E-state index in [0.717, 1.165) is 47.6 Å². The number of nitrogens with one attached hydrogen (secondary N) is 1. The first-order valence-electron chi connectivity index (χ1n) is 14.9. The summed E-state index contributed by atoms with van der Waals surface area (Å²) < 4.78 is 24.9. The molecular formula is C35H47NO5Si. The minimum Gasteiger partial charge on any atom is -0.497 e. The number of piperidine rings is 1. The molecule has 0 aromatic heterocycles. The monoisotopic (exact) mass is 589 g/mol. The molecule has 7 heteroatoms. The van der Waals surface area contributed by atoms with E-state index in [-0.39, 0.29) is 22.8 Å². The van der Waals surface area contributed by atoms with Gasteiger partial charge in [-0.3, -0.25) is 4.79 Å². The van der Waals surface area contributed by atoms with E-state index in [0.29, 0.717) is 13.2 Å². The first-order valence-corrected chi connectivity index (χ1v) is 17.8. The van der Waals surface area contributed by atoms with E-state index in [1.165, 1.54) is 0 Å².